The molecule has 0 heterocycles. The van der Waals surface area contributed by atoms with Crippen LogP contribution in [0.15, 0.2) is 0 Å². The van der Waals surface area contributed by atoms with E-state index in [1.54, 1.807) is 0 Å². The van der Waals surface area contributed by atoms with E-state index in [0.29, 0.717) is 4.90 Å². The van der Waals surface area contributed by atoms with Crippen molar-refractivity contribution in [3.05, 3.63) is 0 Å². The number of halogens is 21. The van der Waals surface area contributed by atoms with Crippen molar-refractivity contribution in [2.24, 2.45) is 0 Å². The zero-order chi connectivity index (χ0) is 35.3. The van der Waals surface area contributed by atoms with E-state index in [9.17, 15) is 97.0 Å². The summed E-state index contributed by atoms with van der Waals surface area (Å²) < 4.78 is 292. The lowest BCUT2D eigenvalue weighted by atomic mass is 9.85. The van der Waals surface area contributed by atoms with Gasteiger partial charge in [-0.25, -0.2) is 0 Å². The average molecular weight is 695 g/mol. The van der Waals surface area contributed by atoms with Crippen LogP contribution in [-0.4, -0.2) is 116 Å². The Morgan fingerprint density at radius 3 is 1.14 bits per heavy atom. The van der Waals surface area contributed by atoms with E-state index >= 15 is 0 Å². The summed E-state index contributed by atoms with van der Waals surface area (Å²) in [5.41, 5.74) is 0. The fraction of sp³-hybridized carbons (Fsp3) is 0.941. The monoisotopic (exact) mass is 695 g/mol. The number of carbonyl (C=O) groups excluding carboxylic acids is 1. The SMILES string of the molecule is CN(C)CC(OCO)C(OC=O)C(F)(F)C(F)(F)C(F)(F)C(F)(F)C(F)(F)C(F)(F)C(F)(F)C(F)(F)C(F)(F)C(F)(F)F. The second-order valence-corrected chi connectivity index (χ2v) is 8.47. The molecule has 0 rings (SSSR count). The summed E-state index contributed by atoms with van der Waals surface area (Å²) in [4.78, 5) is 11.1. The summed E-state index contributed by atoms with van der Waals surface area (Å²) >= 11 is 0. The minimum Gasteiger partial charge on any atom is -0.455 e. The van der Waals surface area contributed by atoms with Gasteiger partial charge in [0.25, 0.3) is 6.47 Å². The number of hydrogen-bond donors (Lipinski definition) is 1. The van der Waals surface area contributed by atoms with Gasteiger partial charge in [0.05, 0.1) is 0 Å². The lowest BCUT2D eigenvalue weighted by Crippen LogP contribution is -2.77. The van der Waals surface area contributed by atoms with Gasteiger partial charge in [0.2, 0.25) is 0 Å². The maximum Gasteiger partial charge on any atom is 0.460 e. The summed E-state index contributed by atoms with van der Waals surface area (Å²) in [5, 5.41) is 8.65. The van der Waals surface area contributed by atoms with Crippen LogP contribution in [-0.2, 0) is 14.3 Å². The van der Waals surface area contributed by atoms with E-state index in [2.05, 4.69) is 9.47 Å². The number of hydrogen-bond acceptors (Lipinski definition) is 5. The van der Waals surface area contributed by atoms with E-state index in [1.807, 2.05) is 0 Å². The molecule has 0 aliphatic rings. The highest BCUT2D eigenvalue weighted by Gasteiger charge is 2.98. The molecule has 0 aromatic rings. The predicted molar refractivity (Wildman–Crippen MR) is 92.0 cm³/mol. The number of rotatable bonds is 16. The molecular weight excluding hydrogens is 681 g/mol. The van der Waals surface area contributed by atoms with Crippen molar-refractivity contribution in [2.45, 2.75) is 71.7 Å². The minimum absolute atomic E-state index is 0.580. The predicted octanol–water partition coefficient (Wildman–Crippen LogP) is 5.70. The molecule has 0 aromatic carbocycles. The number of ether oxygens (including phenoxy) is 2. The molecule has 2 unspecified atom stereocenters. The first kappa shape index (κ1) is 40.9. The molecule has 0 aliphatic heterocycles. The van der Waals surface area contributed by atoms with E-state index < -0.39 is 91.5 Å². The first-order valence-electron chi connectivity index (χ1n) is 10.0. The molecule has 0 radical (unpaired) electrons. The first-order chi connectivity index (χ1) is 18.6. The number of likely N-dealkylation sites (N-methyl/N-ethyl adjacent to an activating group) is 1. The van der Waals surface area contributed by atoms with Gasteiger partial charge in [-0.3, -0.25) is 4.79 Å². The van der Waals surface area contributed by atoms with Gasteiger partial charge in [-0.1, -0.05) is 0 Å². The van der Waals surface area contributed by atoms with Crippen LogP contribution in [0.25, 0.3) is 0 Å². The summed E-state index contributed by atoms with van der Waals surface area (Å²) in [6, 6.07) is 0. The summed E-state index contributed by atoms with van der Waals surface area (Å²) in [7, 11) is 1.65. The molecule has 0 bridgehead atoms. The Labute approximate surface area is 223 Å². The van der Waals surface area contributed by atoms with Crippen LogP contribution in [0, 0.1) is 0 Å². The summed E-state index contributed by atoms with van der Waals surface area (Å²) in [6.45, 7) is -4.52. The maximum absolute atomic E-state index is 14.5. The fourth-order valence-electron chi connectivity index (χ4n) is 2.91. The summed E-state index contributed by atoms with van der Waals surface area (Å²) in [5.74, 6) is -78.9. The van der Waals surface area contributed by atoms with Crippen LogP contribution in [0.2, 0.25) is 0 Å². The van der Waals surface area contributed by atoms with Crippen LogP contribution in [0.1, 0.15) is 0 Å². The van der Waals surface area contributed by atoms with Gasteiger partial charge in [0, 0.05) is 6.54 Å². The van der Waals surface area contributed by atoms with Crippen LogP contribution in [0.5, 0.6) is 0 Å². The molecule has 1 N–H and O–H groups in total. The highest BCUT2D eigenvalue weighted by atomic mass is 19.4. The molecule has 0 saturated heterocycles. The molecule has 0 amide bonds. The number of carbonyl (C=O) groups is 1. The van der Waals surface area contributed by atoms with Crippen LogP contribution >= 0.6 is 0 Å². The Balaban J connectivity index is 7.31. The van der Waals surface area contributed by atoms with Gasteiger partial charge in [0.1, 0.15) is 12.9 Å². The van der Waals surface area contributed by atoms with Crippen molar-refractivity contribution < 1.29 is 112 Å². The molecule has 0 spiro atoms. The van der Waals surface area contributed by atoms with Crippen LogP contribution in [0.3, 0.4) is 0 Å². The Bertz CT molecular complexity index is 964. The molecule has 0 aromatic heterocycles. The lowest BCUT2D eigenvalue weighted by Gasteiger charge is -2.45. The first-order valence-corrected chi connectivity index (χ1v) is 10.0. The van der Waals surface area contributed by atoms with Crippen molar-refractivity contribution in [1.29, 1.82) is 0 Å². The third-order valence-corrected chi connectivity index (χ3v) is 5.27. The molecule has 0 saturated carbocycles. The molecular formula is C17H14F21NO4. The zero-order valence-electron chi connectivity index (χ0n) is 20.2. The Morgan fingerprint density at radius 2 is 0.884 bits per heavy atom. The second-order valence-electron chi connectivity index (χ2n) is 8.47. The second kappa shape index (κ2) is 11.7. The molecule has 0 fully saturated rings. The Kier molecular flexibility index (Phi) is 11.1. The van der Waals surface area contributed by atoms with Crippen molar-refractivity contribution in [1.82, 2.24) is 4.90 Å². The molecule has 43 heavy (non-hydrogen) atoms. The van der Waals surface area contributed by atoms with E-state index in [0.717, 1.165) is 14.1 Å². The minimum atomic E-state index is -9.30. The smallest absolute Gasteiger partial charge is 0.455 e. The van der Waals surface area contributed by atoms with Gasteiger partial charge in [-0.15, -0.1) is 0 Å². The van der Waals surface area contributed by atoms with Gasteiger partial charge < -0.3 is 19.5 Å². The van der Waals surface area contributed by atoms with E-state index in [4.69, 9.17) is 5.11 Å². The van der Waals surface area contributed by atoms with Crippen molar-refractivity contribution in [3.63, 3.8) is 0 Å². The summed E-state index contributed by atoms with van der Waals surface area (Å²) in [6.07, 6.45) is -15.5. The quantitative estimate of drug-likeness (QED) is 0.128. The van der Waals surface area contributed by atoms with E-state index in [-0.39, 0.29) is 0 Å². The van der Waals surface area contributed by atoms with Crippen molar-refractivity contribution >= 4 is 6.47 Å². The number of alkyl halides is 21. The highest BCUT2D eigenvalue weighted by molar-refractivity contribution is 5.38. The molecule has 258 valence electrons. The van der Waals surface area contributed by atoms with Crippen molar-refractivity contribution in [2.75, 3.05) is 27.4 Å². The van der Waals surface area contributed by atoms with Gasteiger partial charge in [-0.05, 0) is 14.1 Å². The molecule has 5 nitrogen and oxygen atoms in total. The van der Waals surface area contributed by atoms with Gasteiger partial charge in [0.15, 0.2) is 6.10 Å². The topological polar surface area (TPSA) is 59.0 Å². The van der Waals surface area contributed by atoms with Gasteiger partial charge >= 0.3 is 59.5 Å². The Morgan fingerprint density at radius 1 is 0.581 bits per heavy atom. The largest absolute Gasteiger partial charge is 0.460 e. The number of nitrogens with zero attached hydrogens (tertiary/aromatic N) is 1. The highest BCUT2D eigenvalue weighted by Crippen LogP contribution is 2.66. The molecule has 2 atom stereocenters. The number of aliphatic hydroxyl groups is 1. The third-order valence-electron chi connectivity index (χ3n) is 5.27. The van der Waals surface area contributed by atoms with Crippen LogP contribution in [0.4, 0.5) is 92.2 Å². The van der Waals surface area contributed by atoms with Crippen LogP contribution < -0.4 is 0 Å². The fourth-order valence-corrected chi connectivity index (χ4v) is 2.91. The Hall–Kier alpha value is -2.12. The molecule has 0 aliphatic carbocycles. The normalized spacial score (nSPS) is 17.2. The third kappa shape index (κ3) is 5.85. The van der Waals surface area contributed by atoms with E-state index in [1.165, 1.54) is 0 Å². The maximum atomic E-state index is 14.5. The zero-order valence-corrected chi connectivity index (χ0v) is 20.2. The van der Waals surface area contributed by atoms with Gasteiger partial charge in [-0.2, -0.15) is 92.2 Å². The number of aliphatic hydroxyl groups excluding tert-OH is 1. The van der Waals surface area contributed by atoms with Crippen molar-refractivity contribution in [3.8, 4) is 0 Å². The lowest BCUT2D eigenvalue weighted by molar-refractivity contribution is -0.476. The standard InChI is InChI=1S/C17H14F21NO4/c1-39(2)3-6(42-4-40)7(43-5-41)8(18,19)9(20,21)10(22,23)11(24,25)12(26,27)13(28,29)14(30,31)15(32,33)16(34,35)17(36,37)38/h5-7,40H,3-4H2,1-2H3. The average Bonchev–Trinajstić information content (AvgIpc) is 2.80. The molecule has 26 heteroatoms.